The number of carbonyl (C=O) groups is 1. The maximum Gasteiger partial charge on any atom is 0.227 e. The van der Waals surface area contributed by atoms with Crippen LogP contribution in [0.4, 0.5) is 11.4 Å². The highest BCUT2D eigenvalue weighted by molar-refractivity contribution is 9.10. The molecule has 0 aliphatic heterocycles. The number of rotatable bonds is 3. The minimum Gasteiger partial charge on any atom is -0.376 e. The van der Waals surface area contributed by atoms with Gasteiger partial charge >= 0.3 is 0 Å². The van der Waals surface area contributed by atoms with Crippen LogP contribution in [0, 0.1) is 5.92 Å². The Kier molecular flexibility index (Phi) is 5.05. The lowest BCUT2D eigenvalue weighted by Crippen LogP contribution is -2.32. The van der Waals surface area contributed by atoms with Crippen LogP contribution in [0.25, 0.3) is 0 Å². The Morgan fingerprint density at radius 1 is 1.30 bits per heavy atom. The zero-order chi connectivity index (χ0) is 14.7. The molecule has 0 spiro atoms. The third-order valence-corrected chi connectivity index (χ3v) is 4.33. The van der Waals surface area contributed by atoms with E-state index in [2.05, 4.69) is 21.2 Å². The first kappa shape index (κ1) is 15.3. The quantitative estimate of drug-likeness (QED) is 0.889. The fraction of sp³-hybridized carbons (Fsp3) is 0.533. The summed E-state index contributed by atoms with van der Waals surface area (Å²) in [5.74, 6) is 0.196. The van der Waals surface area contributed by atoms with Crippen molar-refractivity contribution >= 4 is 33.2 Å². The van der Waals surface area contributed by atoms with Gasteiger partial charge < -0.3 is 16.0 Å². The van der Waals surface area contributed by atoms with Gasteiger partial charge in [0, 0.05) is 30.5 Å². The molecule has 1 aliphatic carbocycles. The molecule has 20 heavy (non-hydrogen) atoms. The summed E-state index contributed by atoms with van der Waals surface area (Å²) in [6, 6.07) is 6.19. The Labute approximate surface area is 128 Å². The summed E-state index contributed by atoms with van der Waals surface area (Å²) in [5, 5.41) is 3.07. The number of nitrogens with zero attached hydrogens (tertiary/aromatic N) is 1. The van der Waals surface area contributed by atoms with Crippen LogP contribution in [0.2, 0.25) is 0 Å². The fourth-order valence-electron chi connectivity index (χ4n) is 2.61. The second-order valence-corrected chi connectivity index (χ2v) is 6.57. The van der Waals surface area contributed by atoms with Gasteiger partial charge in [0.15, 0.2) is 0 Å². The third-order valence-electron chi connectivity index (χ3n) is 3.84. The molecule has 110 valence electrons. The maximum atomic E-state index is 12.4. The Morgan fingerprint density at radius 3 is 2.55 bits per heavy atom. The topological polar surface area (TPSA) is 58.4 Å². The summed E-state index contributed by atoms with van der Waals surface area (Å²) in [5.41, 5.74) is 7.75. The number of nitrogens with one attached hydrogen (secondary N) is 1. The van der Waals surface area contributed by atoms with Gasteiger partial charge in [0.05, 0.1) is 11.4 Å². The van der Waals surface area contributed by atoms with Crippen molar-refractivity contribution in [2.75, 3.05) is 24.3 Å². The standard InChI is InChI=1S/C15H22BrN3O/c1-19(2)14-8-5-11(16)9-13(14)18-15(20)10-3-6-12(17)7-4-10/h5,8-10,12H,3-4,6-7,17H2,1-2H3,(H,18,20). The molecule has 0 heterocycles. The predicted octanol–water partition coefficient (Wildman–Crippen LogP) is 2.97. The van der Waals surface area contributed by atoms with Gasteiger partial charge in [-0.3, -0.25) is 4.79 Å². The minimum atomic E-state index is 0.0868. The summed E-state index contributed by atoms with van der Waals surface area (Å²) in [6.45, 7) is 0. The first-order valence-corrected chi connectivity index (χ1v) is 7.80. The van der Waals surface area contributed by atoms with Gasteiger partial charge in [0.25, 0.3) is 0 Å². The van der Waals surface area contributed by atoms with E-state index in [9.17, 15) is 4.79 Å². The Morgan fingerprint density at radius 2 is 1.95 bits per heavy atom. The fourth-order valence-corrected chi connectivity index (χ4v) is 2.98. The van der Waals surface area contributed by atoms with Crippen molar-refractivity contribution in [1.82, 2.24) is 0 Å². The second-order valence-electron chi connectivity index (χ2n) is 5.66. The molecule has 0 unspecified atom stereocenters. The number of amides is 1. The van der Waals surface area contributed by atoms with E-state index in [0.29, 0.717) is 0 Å². The summed E-state index contributed by atoms with van der Waals surface area (Å²) in [7, 11) is 3.94. The van der Waals surface area contributed by atoms with E-state index in [1.165, 1.54) is 0 Å². The van der Waals surface area contributed by atoms with Crippen LogP contribution in [0.15, 0.2) is 22.7 Å². The molecular formula is C15H22BrN3O. The van der Waals surface area contributed by atoms with Crippen molar-refractivity contribution in [2.45, 2.75) is 31.7 Å². The van der Waals surface area contributed by atoms with Gasteiger partial charge in [-0.2, -0.15) is 0 Å². The summed E-state index contributed by atoms with van der Waals surface area (Å²) < 4.78 is 0.962. The molecule has 1 aliphatic rings. The van der Waals surface area contributed by atoms with Crippen LogP contribution < -0.4 is 16.0 Å². The lowest BCUT2D eigenvalue weighted by Gasteiger charge is -2.26. The van der Waals surface area contributed by atoms with Crippen molar-refractivity contribution in [3.05, 3.63) is 22.7 Å². The van der Waals surface area contributed by atoms with E-state index >= 15 is 0 Å². The largest absolute Gasteiger partial charge is 0.376 e. The van der Waals surface area contributed by atoms with Gasteiger partial charge in [-0.25, -0.2) is 0 Å². The normalized spacial score (nSPS) is 22.4. The Bertz CT molecular complexity index is 482. The molecule has 0 saturated heterocycles. The number of nitrogens with two attached hydrogens (primary N) is 1. The van der Waals surface area contributed by atoms with Gasteiger partial charge in [-0.15, -0.1) is 0 Å². The van der Waals surface area contributed by atoms with Gasteiger partial charge in [0.2, 0.25) is 5.91 Å². The van der Waals surface area contributed by atoms with Crippen molar-refractivity contribution in [1.29, 1.82) is 0 Å². The molecule has 1 fully saturated rings. The van der Waals surface area contributed by atoms with Crippen LogP contribution in [0.3, 0.4) is 0 Å². The molecule has 2 rings (SSSR count). The lowest BCUT2D eigenvalue weighted by atomic mass is 9.86. The summed E-state index contributed by atoms with van der Waals surface area (Å²) >= 11 is 3.45. The minimum absolute atomic E-state index is 0.0868. The van der Waals surface area contributed by atoms with Gasteiger partial charge in [-0.05, 0) is 43.9 Å². The molecule has 0 radical (unpaired) electrons. The van der Waals surface area contributed by atoms with Gasteiger partial charge in [0.1, 0.15) is 0 Å². The zero-order valence-electron chi connectivity index (χ0n) is 12.0. The zero-order valence-corrected chi connectivity index (χ0v) is 13.6. The van der Waals surface area contributed by atoms with E-state index in [-0.39, 0.29) is 17.9 Å². The molecule has 1 aromatic rings. The molecule has 5 heteroatoms. The van der Waals surface area contributed by atoms with Crippen molar-refractivity contribution < 1.29 is 4.79 Å². The average molecular weight is 340 g/mol. The number of anilines is 2. The molecule has 0 atom stereocenters. The van der Waals surface area contributed by atoms with Crippen molar-refractivity contribution in [3.63, 3.8) is 0 Å². The molecule has 4 nitrogen and oxygen atoms in total. The molecular weight excluding hydrogens is 318 g/mol. The Balaban J connectivity index is 2.09. The number of benzene rings is 1. The number of halogens is 1. The highest BCUT2D eigenvalue weighted by Gasteiger charge is 2.25. The molecule has 1 saturated carbocycles. The van der Waals surface area contributed by atoms with Crippen LogP contribution in [0.5, 0.6) is 0 Å². The van der Waals surface area contributed by atoms with E-state index < -0.39 is 0 Å². The first-order valence-electron chi connectivity index (χ1n) is 7.00. The van der Waals surface area contributed by atoms with Crippen LogP contribution in [0.1, 0.15) is 25.7 Å². The molecule has 0 bridgehead atoms. The molecule has 0 aromatic heterocycles. The summed E-state index contributed by atoms with van der Waals surface area (Å²) in [6.07, 6.45) is 3.66. The van der Waals surface area contributed by atoms with Crippen LogP contribution in [-0.4, -0.2) is 26.0 Å². The third kappa shape index (κ3) is 3.73. The molecule has 1 aromatic carbocycles. The lowest BCUT2D eigenvalue weighted by molar-refractivity contribution is -0.120. The van der Waals surface area contributed by atoms with E-state index in [1.807, 2.05) is 37.2 Å². The smallest absolute Gasteiger partial charge is 0.227 e. The molecule has 1 amide bonds. The van der Waals surface area contributed by atoms with Crippen LogP contribution in [-0.2, 0) is 4.79 Å². The van der Waals surface area contributed by atoms with Gasteiger partial charge in [-0.1, -0.05) is 15.9 Å². The van der Waals surface area contributed by atoms with Crippen molar-refractivity contribution in [3.8, 4) is 0 Å². The SMILES string of the molecule is CN(C)c1ccc(Br)cc1NC(=O)C1CCC(N)CC1. The number of carbonyl (C=O) groups excluding carboxylic acids is 1. The Hall–Kier alpha value is -1.07. The number of hydrogen-bond acceptors (Lipinski definition) is 3. The van der Waals surface area contributed by atoms with E-state index in [1.54, 1.807) is 0 Å². The second kappa shape index (κ2) is 6.59. The average Bonchev–Trinajstić information content (AvgIpc) is 2.39. The van der Waals surface area contributed by atoms with E-state index in [0.717, 1.165) is 41.5 Å². The monoisotopic (exact) mass is 339 g/mol. The summed E-state index contributed by atoms with van der Waals surface area (Å²) in [4.78, 5) is 14.4. The maximum absolute atomic E-state index is 12.4. The van der Waals surface area contributed by atoms with E-state index in [4.69, 9.17) is 5.73 Å². The highest BCUT2D eigenvalue weighted by Crippen LogP contribution is 2.30. The van der Waals surface area contributed by atoms with Crippen molar-refractivity contribution in [2.24, 2.45) is 11.7 Å². The first-order chi connectivity index (χ1) is 9.47. The molecule has 3 N–H and O–H groups in total. The van der Waals surface area contributed by atoms with Crippen LogP contribution >= 0.6 is 15.9 Å². The highest BCUT2D eigenvalue weighted by atomic mass is 79.9. The predicted molar refractivity (Wildman–Crippen MR) is 87.0 cm³/mol. The number of hydrogen-bond donors (Lipinski definition) is 2.